The molecule has 1 aromatic carbocycles. The lowest BCUT2D eigenvalue weighted by atomic mass is 10.3. The molecule has 7 heteroatoms. The number of hydrogen-bond acceptors (Lipinski definition) is 3. The van der Waals surface area contributed by atoms with Gasteiger partial charge in [0.2, 0.25) is 0 Å². The predicted molar refractivity (Wildman–Crippen MR) is 66.9 cm³/mol. The summed E-state index contributed by atoms with van der Waals surface area (Å²) in [6.07, 6.45) is 1.48. The van der Waals surface area contributed by atoms with Crippen LogP contribution in [-0.2, 0) is 9.84 Å². The van der Waals surface area contributed by atoms with Crippen LogP contribution in [0.2, 0.25) is 0 Å². The Morgan fingerprint density at radius 2 is 1.94 bits per heavy atom. The third-order valence-corrected chi connectivity index (χ3v) is 3.66. The van der Waals surface area contributed by atoms with Gasteiger partial charge in [0.1, 0.15) is 21.5 Å². The van der Waals surface area contributed by atoms with Gasteiger partial charge in [0.25, 0.3) is 0 Å². The van der Waals surface area contributed by atoms with Crippen molar-refractivity contribution in [1.82, 2.24) is 0 Å². The van der Waals surface area contributed by atoms with Gasteiger partial charge in [-0.25, -0.2) is 17.2 Å². The van der Waals surface area contributed by atoms with E-state index in [0.29, 0.717) is 6.42 Å². The maximum atomic E-state index is 13.3. The Labute approximate surface area is 107 Å². The second kappa shape index (κ2) is 5.77. The Morgan fingerprint density at radius 1 is 1.29 bits per heavy atom. The fourth-order valence-corrected chi connectivity index (χ4v) is 2.20. The Morgan fingerprint density at radius 3 is 2.53 bits per heavy atom. The molecule has 1 rings (SSSR count). The van der Waals surface area contributed by atoms with Gasteiger partial charge in [0.05, 0.1) is 15.9 Å². The molecule has 0 radical (unpaired) electrons. The van der Waals surface area contributed by atoms with Crippen LogP contribution in [0.1, 0.15) is 6.42 Å². The van der Waals surface area contributed by atoms with E-state index >= 15 is 0 Å². The number of hydrogen-bond donors (Lipinski definition) is 1. The minimum Gasteiger partial charge on any atom is -0.383 e. The lowest BCUT2D eigenvalue weighted by Gasteiger charge is -2.08. The van der Waals surface area contributed by atoms with Crippen molar-refractivity contribution in [1.29, 1.82) is 0 Å². The van der Waals surface area contributed by atoms with Crippen LogP contribution in [0.25, 0.3) is 0 Å². The zero-order valence-corrected chi connectivity index (χ0v) is 11.5. The highest BCUT2D eigenvalue weighted by Crippen LogP contribution is 2.23. The Kier molecular flexibility index (Phi) is 4.88. The molecule has 0 saturated heterocycles. The van der Waals surface area contributed by atoms with Crippen LogP contribution in [0.4, 0.5) is 14.5 Å². The van der Waals surface area contributed by atoms with Gasteiger partial charge in [0, 0.05) is 18.9 Å². The SMILES string of the molecule is CS(=O)(=O)CCCNc1cc(F)c(Br)cc1F. The predicted octanol–water partition coefficient (Wildman–Crippen LogP) is 2.57. The van der Waals surface area contributed by atoms with Gasteiger partial charge in [-0.1, -0.05) is 0 Å². The topological polar surface area (TPSA) is 46.2 Å². The van der Waals surface area contributed by atoms with Crippen LogP contribution in [0.5, 0.6) is 0 Å². The first kappa shape index (κ1) is 14.4. The first-order chi connectivity index (χ1) is 7.79. The molecule has 0 aliphatic carbocycles. The van der Waals surface area contributed by atoms with E-state index in [-0.39, 0.29) is 22.5 Å². The molecule has 96 valence electrons. The summed E-state index contributed by atoms with van der Waals surface area (Å²) in [4.78, 5) is 0. The molecule has 0 aliphatic rings. The zero-order chi connectivity index (χ0) is 13.1. The highest BCUT2D eigenvalue weighted by molar-refractivity contribution is 9.10. The third-order valence-electron chi connectivity index (χ3n) is 2.02. The van der Waals surface area contributed by atoms with Crippen molar-refractivity contribution >= 4 is 31.5 Å². The number of nitrogens with one attached hydrogen (secondary N) is 1. The van der Waals surface area contributed by atoms with E-state index in [1.807, 2.05) is 0 Å². The summed E-state index contributed by atoms with van der Waals surface area (Å²) in [5.41, 5.74) is 0.0270. The van der Waals surface area contributed by atoms with Gasteiger partial charge < -0.3 is 5.32 Å². The van der Waals surface area contributed by atoms with Crippen molar-refractivity contribution in [3.05, 3.63) is 28.2 Å². The number of rotatable bonds is 5. The van der Waals surface area contributed by atoms with Crippen molar-refractivity contribution < 1.29 is 17.2 Å². The van der Waals surface area contributed by atoms with Crippen LogP contribution in [0.3, 0.4) is 0 Å². The normalized spacial score (nSPS) is 11.5. The molecule has 0 amide bonds. The van der Waals surface area contributed by atoms with Crippen LogP contribution in [-0.4, -0.2) is 27.0 Å². The van der Waals surface area contributed by atoms with E-state index in [1.165, 1.54) is 0 Å². The van der Waals surface area contributed by atoms with Crippen LogP contribution >= 0.6 is 15.9 Å². The lowest BCUT2D eigenvalue weighted by molar-refractivity contribution is 0.595. The van der Waals surface area contributed by atoms with E-state index in [0.717, 1.165) is 18.4 Å². The second-order valence-electron chi connectivity index (χ2n) is 3.66. The number of sulfone groups is 1. The summed E-state index contributed by atoms with van der Waals surface area (Å²) in [5.74, 6) is -1.14. The molecule has 0 aliphatic heterocycles. The maximum absolute atomic E-state index is 13.3. The van der Waals surface area contributed by atoms with Gasteiger partial charge >= 0.3 is 0 Å². The largest absolute Gasteiger partial charge is 0.383 e. The fraction of sp³-hybridized carbons (Fsp3) is 0.400. The fourth-order valence-electron chi connectivity index (χ4n) is 1.22. The molecule has 0 spiro atoms. The average Bonchev–Trinajstić information content (AvgIpc) is 2.18. The standard InChI is InChI=1S/C10H12BrF2NO2S/c1-17(15,16)4-2-3-14-10-6-8(12)7(11)5-9(10)13/h5-6,14H,2-4H2,1H3. The third kappa shape index (κ3) is 4.99. The van der Waals surface area contributed by atoms with Crippen LogP contribution in [0, 0.1) is 11.6 Å². The highest BCUT2D eigenvalue weighted by Gasteiger charge is 2.08. The van der Waals surface area contributed by atoms with Gasteiger partial charge in [-0.3, -0.25) is 0 Å². The van der Waals surface area contributed by atoms with E-state index in [1.54, 1.807) is 0 Å². The monoisotopic (exact) mass is 327 g/mol. The van der Waals surface area contributed by atoms with Crippen LogP contribution < -0.4 is 5.32 Å². The minimum atomic E-state index is -3.02. The molecular weight excluding hydrogens is 316 g/mol. The summed E-state index contributed by atoms with van der Waals surface area (Å²) >= 11 is 2.87. The molecule has 1 aromatic rings. The number of anilines is 1. The van der Waals surface area contributed by atoms with Gasteiger partial charge in [-0.05, 0) is 28.4 Å². The van der Waals surface area contributed by atoms with Crippen LogP contribution in [0.15, 0.2) is 16.6 Å². The molecule has 0 aromatic heterocycles. The summed E-state index contributed by atoms with van der Waals surface area (Å²) in [6.45, 7) is 0.269. The number of halogens is 3. The summed E-state index contributed by atoms with van der Waals surface area (Å²) < 4.78 is 48.2. The molecule has 0 fully saturated rings. The van der Waals surface area contributed by atoms with E-state index in [9.17, 15) is 17.2 Å². The smallest absolute Gasteiger partial charge is 0.147 e. The Balaban J connectivity index is 2.55. The summed E-state index contributed by atoms with van der Waals surface area (Å²) in [5, 5.41) is 2.65. The molecule has 17 heavy (non-hydrogen) atoms. The summed E-state index contributed by atoms with van der Waals surface area (Å²) in [7, 11) is -3.02. The van der Waals surface area contributed by atoms with Gasteiger partial charge in [-0.15, -0.1) is 0 Å². The van der Waals surface area contributed by atoms with Crippen molar-refractivity contribution in [2.75, 3.05) is 23.9 Å². The Bertz CT molecular complexity index is 505. The minimum absolute atomic E-state index is 0.0145. The maximum Gasteiger partial charge on any atom is 0.147 e. The molecule has 0 atom stereocenters. The first-order valence-corrected chi connectivity index (χ1v) is 7.71. The quantitative estimate of drug-likeness (QED) is 0.667. The van der Waals surface area contributed by atoms with E-state index < -0.39 is 21.5 Å². The Hall–Kier alpha value is -0.690. The van der Waals surface area contributed by atoms with Crippen molar-refractivity contribution in [2.45, 2.75) is 6.42 Å². The van der Waals surface area contributed by atoms with Crippen molar-refractivity contribution in [3.63, 3.8) is 0 Å². The first-order valence-electron chi connectivity index (χ1n) is 4.86. The molecule has 0 unspecified atom stereocenters. The highest BCUT2D eigenvalue weighted by atomic mass is 79.9. The molecule has 0 saturated carbocycles. The average molecular weight is 328 g/mol. The molecule has 0 bridgehead atoms. The zero-order valence-electron chi connectivity index (χ0n) is 9.13. The van der Waals surface area contributed by atoms with E-state index in [2.05, 4.69) is 21.2 Å². The second-order valence-corrected chi connectivity index (χ2v) is 6.77. The number of benzene rings is 1. The van der Waals surface area contributed by atoms with Gasteiger partial charge in [-0.2, -0.15) is 0 Å². The van der Waals surface area contributed by atoms with Crippen molar-refractivity contribution in [3.8, 4) is 0 Å². The van der Waals surface area contributed by atoms with Crippen molar-refractivity contribution in [2.24, 2.45) is 0 Å². The molecule has 3 nitrogen and oxygen atoms in total. The lowest BCUT2D eigenvalue weighted by Crippen LogP contribution is -2.10. The van der Waals surface area contributed by atoms with E-state index in [4.69, 9.17) is 0 Å². The summed E-state index contributed by atoms with van der Waals surface area (Å²) in [6, 6.07) is 2.05. The molecular formula is C10H12BrF2NO2S. The molecule has 1 N–H and O–H groups in total. The van der Waals surface area contributed by atoms with Gasteiger partial charge in [0.15, 0.2) is 0 Å². The molecule has 0 heterocycles.